The number of amides is 1. The molecule has 1 fully saturated rings. The fourth-order valence-corrected chi connectivity index (χ4v) is 3.76. The number of alkyl carbamates (subject to hydrolysis) is 1. The maximum Gasteiger partial charge on any atom is 0.407 e. The summed E-state index contributed by atoms with van der Waals surface area (Å²) in [6.07, 6.45) is 0.426. The quantitative estimate of drug-likeness (QED) is 0.600. The Morgan fingerprint density at radius 1 is 1.19 bits per heavy atom. The van der Waals surface area contributed by atoms with E-state index in [-0.39, 0.29) is 12.1 Å². The third-order valence-corrected chi connectivity index (χ3v) is 5.36. The molecular formula is C19H16BrN3O2S. The summed E-state index contributed by atoms with van der Waals surface area (Å²) in [6, 6.07) is 16.3. The van der Waals surface area contributed by atoms with Crippen molar-refractivity contribution >= 4 is 44.2 Å². The molecule has 1 aromatic heterocycles. The van der Waals surface area contributed by atoms with Gasteiger partial charge in [-0.25, -0.2) is 9.78 Å². The van der Waals surface area contributed by atoms with Gasteiger partial charge in [0, 0.05) is 21.1 Å². The first kappa shape index (κ1) is 17.1. The first-order valence-electron chi connectivity index (χ1n) is 8.16. The van der Waals surface area contributed by atoms with Crippen molar-refractivity contribution in [2.75, 3.05) is 11.9 Å². The van der Waals surface area contributed by atoms with Crippen molar-refractivity contribution < 1.29 is 9.53 Å². The second kappa shape index (κ2) is 7.47. The summed E-state index contributed by atoms with van der Waals surface area (Å²) in [6.45, 7) is 0.427. The third kappa shape index (κ3) is 4.05. The first-order chi connectivity index (χ1) is 12.7. The molecule has 0 radical (unpaired) electrons. The van der Waals surface area contributed by atoms with Gasteiger partial charge in [-0.15, -0.1) is 11.3 Å². The second-order valence-corrected chi connectivity index (χ2v) is 7.78. The SMILES string of the molecule is O=C1NC(Cc2ccc(Nc3nc(-c4ccc(Br)cc4)cs3)cc2)CO1. The molecule has 1 saturated heterocycles. The van der Waals surface area contributed by atoms with Crippen molar-refractivity contribution in [3.8, 4) is 11.3 Å². The topological polar surface area (TPSA) is 63.2 Å². The summed E-state index contributed by atoms with van der Waals surface area (Å²) >= 11 is 5.02. The number of halogens is 1. The van der Waals surface area contributed by atoms with Crippen LogP contribution in [0.15, 0.2) is 58.4 Å². The fraction of sp³-hybridized carbons (Fsp3) is 0.158. The molecule has 1 aliphatic rings. The number of carbonyl (C=O) groups excluding carboxylic acids is 1. The number of carbonyl (C=O) groups is 1. The van der Waals surface area contributed by atoms with Crippen LogP contribution in [0, 0.1) is 0 Å². The lowest BCUT2D eigenvalue weighted by Gasteiger charge is -2.08. The fourth-order valence-electron chi connectivity index (χ4n) is 2.75. The zero-order chi connectivity index (χ0) is 17.9. The number of hydrogen-bond acceptors (Lipinski definition) is 5. The molecule has 1 amide bonds. The molecule has 132 valence electrons. The van der Waals surface area contributed by atoms with Gasteiger partial charge in [0.25, 0.3) is 0 Å². The van der Waals surface area contributed by atoms with E-state index in [0.717, 1.165) is 38.5 Å². The van der Waals surface area contributed by atoms with Gasteiger partial charge in [0.15, 0.2) is 5.13 Å². The Bertz CT molecular complexity index is 909. The lowest BCUT2D eigenvalue weighted by molar-refractivity contribution is 0.177. The first-order valence-corrected chi connectivity index (χ1v) is 9.84. The number of rotatable bonds is 5. The second-order valence-electron chi connectivity index (χ2n) is 6.01. The van der Waals surface area contributed by atoms with E-state index in [0.29, 0.717) is 6.61 Å². The van der Waals surface area contributed by atoms with E-state index in [1.165, 1.54) is 0 Å². The van der Waals surface area contributed by atoms with E-state index in [1.807, 2.05) is 41.8 Å². The molecule has 3 aromatic rings. The molecular weight excluding hydrogens is 414 g/mol. The minimum Gasteiger partial charge on any atom is -0.447 e. The number of cyclic esters (lactones) is 1. The molecule has 0 aliphatic carbocycles. The molecule has 26 heavy (non-hydrogen) atoms. The van der Waals surface area contributed by atoms with Crippen LogP contribution < -0.4 is 10.6 Å². The minimum atomic E-state index is -0.335. The number of nitrogens with zero attached hydrogens (tertiary/aromatic N) is 1. The monoisotopic (exact) mass is 429 g/mol. The van der Waals surface area contributed by atoms with Crippen LogP contribution in [0.3, 0.4) is 0 Å². The molecule has 0 spiro atoms. The third-order valence-electron chi connectivity index (χ3n) is 4.07. The van der Waals surface area contributed by atoms with Gasteiger partial charge in [-0.1, -0.05) is 40.2 Å². The summed E-state index contributed by atoms with van der Waals surface area (Å²) in [5.41, 5.74) is 4.19. The molecule has 0 bridgehead atoms. The lowest BCUT2D eigenvalue weighted by Crippen LogP contribution is -2.28. The van der Waals surface area contributed by atoms with Crippen LogP contribution in [0.2, 0.25) is 0 Å². The summed E-state index contributed by atoms with van der Waals surface area (Å²) in [4.78, 5) is 15.7. The van der Waals surface area contributed by atoms with Gasteiger partial charge in [0.05, 0.1) is 11.7 Å². The van der Waals surface area contributed by atoms with Gasteiger partial charge in [0.2, 0.25) is 0 Å². The number of ether oxygens (including phenoxy) is 1. The van der Waals surface area contributed by atoms with Gasteiger partial charge < -0.3 is 15.4 Å². The Morgan fingerprint density at radius 3 is 2.65 bits per heavy atom. The highest BCUT2D eigenvalue weighted by atomic mass is 79.9. The van der Waals surface area contributed by atoms with Gasteiger partial charge in [0.1, 0.15) is 6.61 Å². The molecule has 2 heterocycles. The van der Waals surface area contributed by atoms with Gasteiger partial charge >= 0.3 is 6.09 Å². The zero-order valence-electron chi connectivity index (χ0n) is 13.7. The van der Waals surface area contributed by atoms with E-state index < -0.39 is 0 Å². The number of anilines is 2. The van der Waals surface area contributed by atoms with Crippen LogP contribution in [0.5, 0.6) is 0 Å². The average molecular weight is 430 g/mol. The maximum atomic E-state index is 11.1. The van der Waals surface area contributed by atoms with Crippen molar-refractivity contribution in [3.63, 3.8) is 0 Å². The predicted octanol–water partition coefficient (Wildman–Crippen LogP) is 4.97. The number of hydrogen-bond donors (Lipinski definition) is 2. The van der Waals surface area contributed by atoms with E-state index in [2.05, 4.69) is 43.7 Å². The van der Waals surface area contributed by atoms with Crippen molar-refractivity contribution in [2.45, 2.75) is 12.5 Å². The normalized spacial score (nSPS) is 16.2. The van der Waals surface area contributed by atoms with E-state index >= 15 is 0 Å². The number of nitrogens with one attached hydrogen (secondary N) is 2. The highest BCUT2D eigenvalue weighted by Gasteiger charge is 2.22. The van der Waals surface area contributed by atoms with Crippen LogP contribution in [-0.2, 0) is 11.2 Å². The van der Waals surface area contributed by atoms with Crippen molar-refractivity contribution in [1.29, 1.82) is 0 Å². The largest absolute Gasteiger partial charge is 0.447 e. The molecule has 4 rings (SSSR count). The van der Waals surface area contributed by atoms with Crippen molar-refractivity contribution in [1.82, 2.24) is 10.3 Å². The Morgan fingerprint density at radius 2 is 1.96 bits per heavy atom. The molecule has 1 unspecified atom stereocenters. The Balaban J connectivity index is 1.40. The molecule has 0 saturated carbocycles. The highest BCUT2D eigenvalue weighted by Crippen LogP contribution is 2.28. The van der Waals surface area contributed by atoms with Crippen LogP contribution in [-0.4, -0.2) is 23.7 Å². The number of aromatic nitrogens is 1. The minimum absolute atomic E-state index is 0.0498. The zero-order valence-corrected chi connectivity index (χ0v) is 16.1. The molecule has 2 aromatic carbocycles. The maximum absolute atomic E-state index is 11.1. The van der Waals surface area contributed by atoms with Crippen LogP contribution >= 0.6 is 27.3 Å². The molecule has 5 nitrogen and oxygen atoms in total. The average Bonchev–Trinajstić information content (AvgIpc) is 3.26. The number of thiazole rings is 1. The predicted molar refractivity (Wildman–Crippen MR) is 107 cm³/mol. The Hall–Kier alpha value is -2.38. The summed E-state index contributed by atoms with van der Waals surface area (Å²) in [7, 11) is 0. The molecule has 1 atom stereocenters. The van der Waals surface area contributed by atoms with Crippen molar-refractivity contribution in [3.05, 3.63) is 63.9 Å². The van der Waals surface area contributed by atoms with E-state index in [1.54, 1.807) is 11.3 Å². The van der Waals surface area contributed by atoms with Gasteiger partial charge in [-0.3, -0.25) is 0 Å². The summed E-state index contributed by atoms with van der Waals surface area (Å²) < 4.78 is 5.97. The van der Waals surface area contributed by atoms with E-state index in [4.69, 9.17) is 4.74 Å². The molecule has 7 heteroatoms. The van der Waals surface area contributed by atoms with Crippen molar-refractivity contribution in [2.24, 2.45) is 0 Å². The number of benzene rings is 2. The lowest BCUT2D eigenvalue weighted by atomic mass is 10.1. The highest BCUT2D eigenvalue weighted by molar-refractivity contribution is 9.10. The smallest absolute Gasteiger partial charge is 0.407 e. The standard InChI is InChI=1S/C19H16BrN3O2S/c20-14-5-3-13(4-6-14)17-11-26-18(23-17)21-15-7-1-12(2-8-15)9-16-10-25-19(24)22-16/h1-8,11,16H,9-10H2,(H,21,23)(H,22,24). The van der Waals surface area contributed by atoms with Gasteiger partial charge in [-0.05, 0) is 36.2 Å². The Labute approximate surface area is 163 Å². The van der Waals surface area contributed by atoms with Crippen LogP contribution in [0.4, 0.5) is 15.6 Å². The van der Waals surface area contributed by atoms with Gasteiger partial charge in [-0.2, -0.15) is 0 Å². The molecule has 1 aliphatic heterocycles. The summed E-state index contributed by atoms with van der Waals surface area (Å²) in [5, 5.41) is 9.03. The van der Waals surface area contributed by atoms with Crippen LogP contribution in [0.1, 0.15) is 5.56 Å². The summed E-state index contributed by atoms with van der Waals surface area (Å²) in [5.74, 6) is 0. The van der Waals surface area contributed by atoms with E-state index in [9.17, 15) is 4.79 Å². The van der Waals surface area contributed by atoms with Crippen LogP contribution in [0.25, 0.3) is 11.3 Å². The Kier molecular flexibility index (Phi) is 4.90. The molecule has 2 N–H and O–H groups in total.